The average molecular weight is 787 g/mol. The van der Waals surface area contributed by atoms with E-state index in [4.69, 9.17) is 4.74 Å². The number of benzene rings is 3. The van der Waals surface area contributed by atoms with Crippen LogP contribution in [0.3, 0.4) is 0 Å². The summed E-state index contributed by atoms with van der Waals surface area (Å²) in [6, 6.07) is 20.1. The first-order valence-corrected chi connectivity index (χ1v) is 20.7. The topological polar surface area (TPSA) is 183 Å². The van der Waals surface area contributed by atoms with E-state index in [2.05, 4.69) is 25.9 Å². The molecule has 2 saturated carbocycles. The normalized spacial score (nSPS) is 15.5. The molecule has 3 aromatic carbocycles. The number of sulfone groups is 1. The zero-order chi connectivity index (χ0) is 39.8. The number of rotatable bonds is 14. The second kappa shape index (κ2) is 15.6. The number of hydrogen-bond acceptors (Lipinski definition) is 10. The van der Waals surface area contributed by atoms with E-state index in [9.17, 15) is 28.1 Å². The number of amides is 2. The van der Waals surface area contributed by atoms with Gasteiger partial charge in [0, 0.05) is 42.4 Å². The molecule has 3 N–H and O–H groups in total. The Labute approximate surface area is 330 Å². The molecular weight excluding hydrogens is 745 g/mol. The molecule has 2 amide bonds. The van der Waals surface area contributed by atoms with E-state index >= 15 is 0 Å². The Kier molecular flexibility index (Phi) is 10.4. The number of nitro benzene ring substituents is 1. The molecule has 1 saturated heterocycles. The van der Waals surface area contributed by atoms with E-state index in [-0.39, 0.29) is 33.9 Å². The first kappa shape index (κ1) is 38.1. The summed E-state index contributed by atoms with van der Waals surface area (Å²) in [6.45, 7) is 5.99. The predicted molar refractivity (Wildman–Crippen MR) is 215 cm³/mol. The number of aromatic nitrogens is 2. The summed E-state index contributed by atoms with van der Waals surface area (Å²) in [6.07, 6.45) is 7.21. The van der Waals surface area contributed by atoms with Crippen molar-refractivity contribution >= 4 is 38.7 Å². The zero-order valence-electron chi connectivity index (χ0n) is 31.6. The molecule has 2 aromatic heterocycles. The van der Waals surface area contributed by atoms with Gasteiger partial charge in [-0.05, 0) is 132 Å². The van der Waals surface area contributed by atoms with Crippen molar-refractivity contribution in [1.82, 2.24) is 15.3 Å². The number of carbonyl (C=O) groups is 2. The van der Waals surface area contributed by atoms with Crippen LogP contribution in [0.2, 0.25) is 0 Å². The van der Waals surface area contributed by atoms with Gasteiger partial charge < -0.3 is 20.7 Å². The Morgan fingerprint density at radius 3 is 1.75 bits per heavy atom. The second-order valence-corrected chi connectivity index (χ2v) is 17.1. The fourth-order valence-electron chi connectivity index (χ4n) is 7.23. The molecule has 57 heavy (non-hydrogen) atoms. The molecule has 3 fully saturated rings. The number of nitrogens with zero attached hydrogens (tertiary/aromatic N) is 3. The third-order valence-electron chi connectivity index (χ3n) is 11.0. The van der Waals surface area contributed by atoms with Gasteiger partial charge in [-0.2, -0.15) is 0 Å². The molecule has 5 aromatic rings. The summed E-state index contributed by atoms with van der Waals surface area (Å²) in [5, 5.41) is 20.6. The summed E-state index contributed by atoms with van der Waals surface area (Å²) in [4.78, 5) is 46.6. The summed E-state index contributed by atoms with van der Waals surface area (Å²) >= 11 is 0. The van der Waals surface area contributed by atoms with E-state index in [1.807, 2.05) is 62.5 Å². The van der Waals surface area contributed by atoms with Crippen LogP contribution >= 0.6 is 0 Å². The quantitative estimate of drug-likeness (QED) is 0.0758. The third kappa shape index (κ3) is 8.34. The Morgan fingerprint density at radius 2 is 1.28 bits per heavy atom. The van der Waals surface area contributed by atoms with Gasteiger partial charge >= 0.3 is 0 Å². The van der Waals surface area contributed by atoms with Crippen LogP contribution in [0.1, 0.15) is 91.9 Å². The number of ether oxygens (including phenoxy) is 1. The Bertz CT molecular complexity index is 2510. The Balaban J connectivity index is 0.978. The number of nitro groups is 1. The first-order valence-electron chi connectivity index (χ1n) is 19.0. The van der Waals surface area contributed by atoms with Crippen LogP contribution in [0, 0.1) is 24.0 Å². The number of hydrogen-bond donors (Lipinski definition) is 3. The molecule has 0 atom stereocenters. The van der Waals surface area contributed by atoms with Crippen LogP contribution in [-0.4, -0.2) is 54.4 Å². The fraction of sp³-hybridized carbons (Fsp3) is 0.302. The number of carbonyl (C=O) groups excluding carboxylic acids is 2. The van der Waals surface area contributed by atoms with Gasteiger partial charge in [0.15, 0.2) is 9.84 Å². The first-order chi connectivity index (χ1) is 27.4. The SMILES string of the molecule is Cc1c(NC(=O)c2cc(C3CC3)c(CNC3COC3)cn2)cccc1-c1cccc(NC(=O)c2cc(C3CC3)c(CS(=O)(=O)c3ccc([N+](=O)[O-])cc3)cn2)c1C. The molecule has 1 aliphatic heterocycles. The number of non-ortho nitro benzene ring substituents is 1. The maximum Gasteiger partial charge on any atom is 0.274 e. The van der Waals surface area contributed by atoms with E-state index in [1.165, 1.54) is 36.0 Å². The lowest BCUT2D eigenvalue weighted by molar-refractivity contribution is -0.384. The maximum absolute atomic E-state index is 13.7. The van der Waals surface area contributed by atoms with Crippen molar-refractivity contribution in [2.24, 2.45) is 0 Å². The molecule has 2 aliphatic carbocycles. The standard InChI is InChI=1S/C43H42N6O7S/c1-25-34(5-3-7-38(25)47-42(50)40-17-36(27-9-10-27)29(20-45-40)19-44-31-22-56-23-31)35-6-4-8-39(26(35)2)48-43(51)41-18-37(28-11-12-28)30(21-46-41)24-57(54,55)33-15-13-32(14-16-33)49(52)53/h3-8,13-18,20-21,27-28,31,44H,9-12,19,22-24H2,1-2H3,(H,47,50)(H,48,51). The summed E-state index contributed by atoms with van der Waals surface area (Å²) in [5.41, 5.74) is 8.57. The zero-order valence-corrected chi connectivity index (χ0v) is 32.4. The Morgan fingerprint density at radius 1 is 0.772 bits per heavy atom. The maximum atomic E-state index is 13.7. The van der Waals surface area contributed by atoms with Crippen molar-refractivity contribution in [3.05, 3.63) is 140 Å². The van der Waals surface area contributed by atoms with Crippen molar-refractivity contribution in [2.45, 2.75) is 74.6 Å². The van der Waals surface area contributed by atoms with Crippen LogP contribution < -0.4 is 16.0 Å². The van der Waals surface area contributed by atoms with Gasteiger partial charge in [-0.1, -0.05) is 24.3 Å². The third-order valence-corrected chi connectivity index (χ3v) is 12.7. The molecule has 13 nitrogen and oxygen atoms in total. The van der Waals surface area contributed by atoms with Crippen molar-refractivity contribution in [2.75, 3.05) is 23.8 Å². The van der Waals surface area contributed by atoms with E-state index in [0.717, 1.165) is 59.1 Å². The van der Waals surface area contributed by atoms with Crippen LogP contribution in [0.15, 0.2) is 90.1 Å². The largest absolute Gasteiger partial charge is 0.378 e. The average Bonchev–Trinajstić information content (AvgIpc) is 4.11. The van der Waals surface area contributed by atoms with Crippen LogP contribution in [-0.2, 0) is 26.9 Å². The highest BCUT2D eigenvalue weighted by Gasteiger charge is 2.31. The van der Waals surface area contributed by atoms with Gasteiger partial charge in [0.25, 0.3) is 17.5 Å². The van der Waals surface area contributed by atoms with Crippen molar-refractivity contribution in [1.29, 1.82) is 0 Å². The lowest BCUT2D eigenvalue weighted by atomic mass is 9.94. The molecule has 14 heteroatoms. The highest BCUT2D eigenvalue weighted by atomic mass is 32.2. The minimum atomic E-state index is -3.83. The number of pyridine rings is 2. The van der Waals surface area contributed by atoms with Gasteiger partial charge in [-0.25, -0.2) is 8.42 Å². The van der Waals surface area contributed by atoms with Crippen molar-refractivity contribution in [3.63, 3.8) is 0 Å². The monoisotopic (exact) mass is 786 g/mol. The van der Waals surface area contributed by atoms with Gasteiger partial charge in [-0.15, -0.1) is 0 Å². The van der Waals surface area contributed by atoms with Crippen LogP contribution in [0.4, 0.5) is 17.1 Å². The minimum Gasteiger partial charge on any atom is -0.378 e. The second-order valence-electron chi connectivity index (χ2n) is 15.1. The minimum absolute atomic E-state index is 0.0244. The molecule has 3 heterocycles. The van der Waals surface area contributed by atoms with E-state index in [0.29, 0.717) is 54.4 Å². The molecule has 8 rings (SSSR count). The van der Waals surface area contributed by atoms with E-state index in [1.54, 1.807) is 6.07 Å². The smallest absolute Gasteiger partial charge is 0.274 e. The van der Waals surface area contributed by atoms with Gasteiger partial charge in [0.05, 0.1) is 34.8 Å². The Hall–Kier alpha value is -5.83. The van der Waals surface area contributed by atoms with Crippen LogP contribution in [0.25, 0.3) is 11.1 Å². The molecule has 0 radical (unpaired) electrons. The summed E-state index contributed by atoms with van der Waals surface area (Å²) in [7, 11) is -3.83. The summed E-state index contributed by atoms with van der Waals surface area (Å²) < 4.78 is 31.8. The van der Waals surface area contributed by atoms with E-state index < -0.39 is 20.7 Å². The lowest BCUT2D eigenvalue weighted by Gasteiger charge is -2.27. The molecule has 0 unspecified atom stereocenters. The molecule has 292 valence electrons. The highest BCUT2D eigenvalue weighted by molar-refractivity contribution is 7.90. The number of anilines is 2. The highest BCUT2D eigenvalue weighted by Crippen LogP contribution is 2.43. The number of nitrogens with one attached hydrogen (secondary N) is 3. The van der Waals surface area contributed by atoms with Gasteiger partial charge in [0.2, 0.25) is 0 Å². The molecule has 0 spiro atoms. The molecule has 0 bridgehead atoms. The van der Waals surface area contributed by atoms with Crippen LogP contribution in [0.5, 0.6) is 0 Å². The summed E-state index contributed by atoms with van der Waals surface area (Å²) in [5.74, 6) is -0.492. The van der Waals surface area contributed by atoms with Crippen molar-refractivity contribution < 1.29 is 27.7 Å². The van der Waals surface area contributed by atoms with Crippen molar-refractivity contribution in [3.8, 4) is 11.1 Å². The van der Waals surface area contributed by atoms with Gasteiger partial charge in [-0.3, -0.25) is 29.7 Å². The lowest BCUT2D eigenvalue weighted by Crippen LogP contribution is -2.45. The predicted octanol–water partition coefficient (Wildman–Crippen LogP) is 7.39. The van der Waals surface area contributed by atoms with Gasteiger partial charge in [0.1, 0.15) is 11.4 Å². The molecule has 3 aliphatic rings. The molecular formula is C43H42N6O7S. The fourth-order valence-corrected chi connectivity index (χ4v) is 8.60.